The summed E-state index contributed by atoms with van der Waals surface area (Å²) in [5.74, 6) is 1.13. The number of ether oxygens (including phenoxy) is 2. The number of rotatable bonds is 10. The molecule has 0 spiro atoms. The average Bonchev–Trinajstić information content (AvgIpc) is 2.95. The molecule has 0 saturated carbocycles. The number of aryl methyl sites for hydroxylation is 2. The van der Waals surface area contributed by atoms with Gasteiger partial charge in [-0.25, -0.2) is 0 Å². The highest BCUT2D eigenvalue weighted by Gasteiger charge is 2.17. The molecule has 0 bridgehead atoms. The topological polar surface area (TPSA) is 58.9 Å². The first-order chi connectivity index (χ1) is 18.9. The predicted octanol–water partition coefficient (Wildman–Crippen LogP) is 8.67. The van der Waals surface area contributed by atoms with Crippen molar-refractivity contribution in [1.29, 1.82) is 0 Å². The first-order valence-corrected chi connectivity index (χ1v) is 13.7. The molecule has 2 unspecified atom stereocenters. The number of benzene rings is 4. The number of phenols is 2. The van der Waals surface area contributed by atoms with Crippen LogP contribution in [0.4, 0.5) is 0 Å². The maximum atomic E-state index is 10.00. The molecular weight excluding hydrogens is 504 g/mol. The van der Waals surface area contributed by atoms with Crippen molar-refractivity contribution in [2.75, 3.05) is 14.2 Å². The minimum atomic E-state index is 0.0516. The molecule has 0 aromatic heterocycles. The summed E-state index contributed by atoms with van der Waals surface area (Å²) in [4.78, 5) is 0. The van der Waals surface area contributed by atoms with E-state index in [2.05, 4.69) is 86.7 Å². The van der Waals surface area contributed by atoms with Crippen LogP contribution in [0.15, 0.2) is 97.1 Å². The van der Waals surface area contributed by atoms with E-state index in [1.807, 2.05) is 36.0 Å². The van der Waals surface area contributed by atoms with Crippen molar-refractivity contribution in [3.05, 3.63) is 130 Å². The van der Waals surface area contributed by atoms with Gasteiger partial charge in [-0.2, -0.15) is 0 Å². The molecule has 4 aromatic rings. The van der Waals surface area contributed by atoms with Crippen LogP contribution in [0.1, 0.15) is 43.9 Å². The van der Waals surface area contributed by atoms with Gasteiger partial charge in [0.1, 0.15) is 0 Å². The van der Waals surface area contributed by atoms with Crippen LogP contribution in [-0.2, 0) is 0 Å². The highest BCUT2D eigenvalue weighted by atomic mass is 32.2. The molecule has 4 rings (SSSR count). The Morgan fingerprint density at radius 1 is 0.590 bits per heavy atom. The highest BCUT2D eigenvalue weighted by molar-refractivity contribution is 8.00. The van der Waals surface area contributed by atoms with Gasteiger partial charge < -0.3 is 19.7 Å². The molecule has 4 nitrogen and oxygen atoms in total. The molecule has 0 amide bonds. The van der Waals surface area contributed by atoms with Crippen LogP contribution in [0.2, 0.25) is 0 Å². The van der Waals surface area contributed by atoms with E-state index in [-0.39, 0.29) is 22.0 Å². The zero-order chi connectivity index (χ0) is 27.8. The number of thioether (sulfide) groups is 1. The SMILES string of the molecule is COc1cc(C=CC(SC(C=Cc2ccc(O)c(OC)c2)c2ccc(C)cc2)c2ccc(C)cc2)ccc1O. The first-order valence-electron chi connectivity index (χ1n) is 12.8. The van der Waals surface area contributed by atoms with Crippen molar-refractivity contribution >= 4 is 23.9 Å². The third kappa shape index (κ3) is 7.49. The Hall–Kier alpha value is -4.09. The van der Waals surface area contributed by atoms with Gasteiger partial charge in [-0.15, -0.1) is 11.8 Å². The van der Waals surface area contributed by atoms with Gasteiger partial charge >= 0.3 is 0 Å². The van der Waals surface area contributed by atoms with E-state index >= 15 is 0 Å². The third-order valence-corrected chi connectivity index (χ3v) is 7.88. The van der Waals surface area contributed by atoms with E-state index in [0.29, 0.717) is 11.5 Å². The lowest BCUT2D eigenvalue weighted by Gasteiger charge is -2.21. The van der Waals surface area contributed by atoms with Crippen LogP contribution in [0.3, 0.4) is 0 Å². The van der Waals surface area contributed by atoms with Gasteiger partial charge in [-0.3, -0.25) is 0 Å². The Morgan fingerprint density at radius 3 is 1.33 bits per heavy atom. The second kappa shape index (κ2) is 13.1. The van der Waals surface area contributed by atoms with Gasteiger partial charge in [0.2, 0.25) is 0 Å². The third-order valence-electron chi connectivity index (χ3n) is 6.44. The molecule has 0 saturated heterocycles. The standard InChI is InChI=1S/C34H34O4S/c1-23-5-13-27(14-6-23)33(19-11-25-9-17-29(35)31(21-25)37-3)39-34(28-15-7-24(2)8-16-28)20-12-26-10-18-30(36)32(22-26)38-4/h5-22,33-36H,1-4H3. The molecule has 5 heteroatoms. The molecule has 0 heterocycles. The van der Waals surface area contributed by atoms with Gasteiger partial charge in [-0.05, 0) is 60.4 Å². The summed E-state index contributed by atoms with van der Waals surface area (Å²) in [6.45, 7) is 4.18. The molecule has 0 fully saturated rings. The Balaban J connectivity index is 1.70. The zero-order valence-electron chi connectivity index (χ0n) is 22.7. The molecule has 0 aliphatic rings. The molecule has 39 heavy (non-hydrogen) atoms. The van der Waals surface area contributed by atoms with Crippen LogP contribution < -0.4 is 9.47 Å². The Labute approximate surface area is 235 Å². The Bertz CT molecular complexity index is 1330. The molecule has 200 valence electrons. The van der Waals surface area contributed by atoms with Crippen molar-refractivity contribution in [3.63, 3.8) is 0 Å². The molecular formula is C34H34O4S. The fourth-order valence-electron chi connectivity index (χ4n) is 4.13. The number of methoxy groups -OCH3 is 2. The minimum Gasteiger partial charge on any atom is -0.504 e. The zero-order valence-corrected chi connectivity index (χ0v) is 23.5. The maximum Gasteiger partial charge on any atom is 0.161 e. The molecule has 2 atom stereocenters. The van der Waals surface area contributed by atoms with Crippen LogP contribution in [0.25, 0.3) is 12.2 Å². The van der Waals surface area contributed by atoms with E-state index in [1.54, 1.807) is 26.4 Å². The summed E-state index contributed by atoms with van der Waals surface area (Å²) in [7, 11) is 3.10. The quantitative estimate of drug-likeness (QED) is 0.212. The average molecular weight is 539 g/mol. The van der Waals surface area contributed by atoms with Crippen molar-refractivity contribution in [2.45, 2.75) is 24.3 Å². The van der Waals surface area contributed by atoms with E-state index in [4.69, 9.17) is 9.47 Å². The fraction of sp³-hybridized carbons (Fsp3) is 0.176. The van der Waals surface area contributed by atoms with E-state index < -0.39 is 0 Å². The van der Waals surface area contributed by atoms with E-state index in [0.717, 1.165) is 11.1 Å². The largest absolute Gasteiger partial charge is 0.504 e. The van der Waals surface area contributed by atoms with Crippen LogP contribution in [0, 0.1) is 13.8 Å². The summed E-state index contributed by atoms with van der Waals surface area (Å²) < 4.78 is 10.6. The lowest BCUT2D eigenvalue weighted by molar-refractivity contribution is 0.373. The van der Waals surface area contributed by atoms with Gasteiger partial charge in [-0.1, -0.05) is 96.1 Å². The van der Waals surface area contributed by atoms with Crippen LogP contribution in [0.5, 0.6) is 23.0 Å². The van der Waals surface area contributed by atoms with Crippen molar-refractivity contribution in [2.24, 2.45) is 0 Å². The van der Waals surface area contributed by atoms with Crippen LogP contribution in [-0.4, -0.2) is 24.4 Å². The fourth-order valence-corrected chi connectivity index (χ4v) is 5.42. The number of hydrogen-bond donors (Lipinski definition) is 2. The highest BCUT2D eigenvalue weighted by Crippen LogP contribution is 2.43. The van der Waals surface area contributed by atoms with E-state index in [1.165, 1.54) is 22.3 Å². The Kier molecular flexibility index (Phi) is 9.40. The van der Waals surface area contributed by atoms with Gasteiger partial charge in [0, 0.05) is 10.5 Å². The Morgan fingerprint density at radius 2 is 0.974 bits per heavy atom. The number of aromatic hydroxyl groups is 2. The maximum absolute atomic E-state index is 10.00. The monoisotopic (exact) mass is 538 g/mol. The molecule has 0 aliphatic heterocycles. The molecule has 2 N–H and O–H groups in total. The lowest BCUT2D eigenvalue weighted by atomic mass is 10.1. The van der Waals surface area contributed by atoms with Crippen LogP contribution >= 0.6 is 11.8 Å². The molecule has 0 radical (unpaired) electrons. The van der Waals surface area contributed by atoms with Crippen molar-refractivity contribution < 1.29 is 19.7 Å². The summed E-state index contributed by atoms with van der Waals surface area (Å²) in [6.07, 6.45) is 8.53. The lowest BCUT2D eigenvalue weighted by Crippen LogP contribution is -1.98. The van der Waals surface area contributed by atoms with E-state index in [9.17, 15) is 10.2 Å². The van der Waals surface area contributed by atoms with Gasteiger partial charge in [0.05, 0.1) is 14.2 Å². The van der Waals surface area contributed by atoms with Crippen molar-refractivity contribution in [3.8, 4) is 23.0 Å². The normalized spacial score (nSPS) is 13.0. The predicted molar refractivity (Wildman–Crippen MR) is 163 cm³/mol. The summed E-state index contributed by atoms with van der Waals surface area (Å²) in [6, 6.07) is 28.0. The second-order valence-electron chi connectivity index (χ2n) is 9.38. The van der Waals surface area contributed by atoms with Gasteiger partial charge in [0.15, 0.2) is 23.0 Å². The molecule has 0 aliphatic carbocycles. The summed E-state index contributed by atoms with van der Waals surface area (Å²) in [5, 5.41) is 20.1. The smallest absolute Gasteiger partial charge is 0.161 e. The van der Waals surface area contributed by atoms with Gasteiger partial charge in [0.25, 0.3) is 0 Å². The number of hydrogen-bond acceptors (Lipinski definition) is 5. The minimum absolute atomic E-state index is 0.0516. The second-order valence-corrected chi connectivity index (χ2v) is 10.7. The first kappa shape index (κ1) is 27.9. The molecule has 4 aromatic carbocycles. The summed E-state index contributed by atoms with van der Waals surface area (Å²) >= 11 is 1.84. The number of phenolic OH excluding ortho intramolecular Hbond substituents is 2. The van der Waals surface area contributed by atoms with Crippen molar-refractivity contribution in [1.82, 2.24) is 0 Å². The summed E-state index contributed by atoms with van der Waals surface area (Å²) in [5.41, 5.74) is 6.72.